The minimum atomic E-state index is -0.880. The van der Waals surface area contributed by atoms with Crippen LogP contribution < -0.4 is 15.4 Å². The van der Waals surface area contributed by atoms with Gasteiger partial charge in [0.2, 0.25) is 23.6 Å². The number of aliphatic hydroxyl groups excluding tert-OH is 1. The van der Waals surface area contributed by atoms with Crippen LogP contribution in [0.5, 0.6) is 11.5 Å². The number of thiazole rings is 1. The van der Waals surface area contributed by atoms with E-state index >= 15 is 0 Å². The average molecular weight is 956 g/mol. The molecule has 1 aliphatic heterocycles. The lowest BCUT2D eigenvalue weighted by Crippen LogP contribution is -2.57. The van der Waals surface area contributed by atoms with E-state index in [1.807, 2.05) is 99.9 Å². The first kappa shape index (κ1) is 52.1. The number of allylic oxidation sites excluding steroid dienone is 1. The molecule has 4 aromatic carbocycles. The molecular formula is C56H69N5O7S. The van der Waals surface area contributed by atoms with Crippen molar-refractivity contribution in [2.75, 3.05) is 26.7 Å². The van der Waals surface area contributed by atoms with Crippen molar-refractivity contribution in [2.24, 2.45) is 5.41 Å². The summed E-state index contributed by atoms with van der Waals surface area (Å²) in [6.45, 7) is 10.9. The van der Waals surface area contributed by atoms with Gasteiger partial charge < -0.3 is 35.4 Å². The zero-order valence-electron chi connectivity index (χ0n) is 41.0. The summed E-state index contributed by atoms with van der Waals surface area (Å²) < 4.78 is 6.06. The molecule has 0 saturated carbocycles. The van der Waals surface area contributed by atoms with Gasteiger partial charge in [-0.1, -0.05) is 126 Å². The first-order valence-corrected chi connectivity index (χ1v) is 25.1. The van der Waals surface area contributed by atoms with Crippen molar-refractivity contribution >= 4 is 46.1 Å². The molecule has 0 bridgehead atoms. The Hall–Kier alpha value is -6.31. The largest absolute Gasteiger partial charge is 0.508 e. The summed E-state index contributed by atoms with van der Waals surface area (Å²) in [5, 5.41) is 26.5. The average Bonchev–Trinajstić information content (AvgIpc) is 3.96. The van der Waals surface area contributed by atoms with Crippen LogP contribution in [0.2, 0.25) is 0 Å². The first-order chi connectivity index (χ1) is 33.1. The topological polar surface area (TPSA) is 161 Å². The Morgan fingerprint density at radius 3 is 2.12 bits per heavy atom. The molecule has 3 atom stereocenters. The summed E-state index contributed by atoms with van der Waals surface area (Å²) in [4.78, 5) is 62.2. The predicted octanol–water partition coefficient (Wildman–Crippen LogP) is 9.57. The van der Waals surface area contributed by atoms with Crippen LogP contribution in [0.25, 0.3) is 21.6 Å². The lowest BCUT2D eigenvalue weighted by molar-refractivity contribution is -0.144. The SMILES string of the molecule is CCC(=C(c1ccc(O)cc1)c1ccc(OCCN(C)C(=O)CCCCCCCC(=O)N[C@H](C(=O)N2C[C@H](O)C[C@H]2C(=O)NCc2ccc(-c3scnc3C)cc2)C(C)(C)C)cc1)c1ccccc1. The molecular weight excluding hydrogens is 887 g/mol. The maximum atomic E-state index is 14.0. The van der Waals surface area contributed by atoms with Gasteiger partial charge in [-0.2, -0.15) is 0 Å². The van der Waals surface area contributed by atoms with Gasteiger partial charge in [-0.05, 0) is 94.8 Å². The molecule has 5 aromatic rings. The fraction of sp³-hybridized carbons (Fsp3) is 0.411. The van der Waals surface area contributed by atoms with Crippen molar-refractivity contribution in [2.45, 2.75) is 117 Å². The highest BCUT2D eigenvalue weighted by Gasteiger charge is 2.44. The molecule has 12 nitrogen and oxygen atoms in total. The number of carbonyl (C=O) groups excluding carboxylic acids is 4. The lowest BCUT2D eigenvalue weighted by atomic mass is 9.85. The van der Waals surface area contributed by atoms with Crippen molar-refractivity contribution in [3.8, 4) is 21.9 Å². The van der Waals surface area contributed by atoms with E-state index in [1.165, 1.54) is 10.5 Å². The van der Waals surface area contributed by atoms with Gasteiger partial charge in [-0.25, -0.2) is 4.98 Å². The molecule has 4 amide bonds. The standard InChI is InChI=1S/C56H69N5O7S/c1-7-47(40-16-12-11-13-17-40)51(41-24-28-44(62)29-25-41)42-26-30-46(31-27-42)68-33-32-60(6)50(65)19-15-10-8-9-14-18-49(64)59-53(56(3,4)5)55(67)61-36-45(63)34-48(61)54(66)57-35-39-20-22-43(23-21-39)52-38(2)58-37-69-52/h11-13,16-17,20-31,37,45,48,53,62-63H,7-10,14-15,18-19,32-36H2,1-6H3,(H,57,66)(H,59,64)/t45-,48+,53-/m1/s1. The number of hydrogen-bond acceptors (Lipinski definition) is 9. The number of aromatic nitrogens is 1. The molecule has 366 valence electrons. The third-order valence-electron chi connectivity index (χ3n) is 12.7. The Balaban J connectivity index is 0.886. The zero-order valence-corrected chi connectivity index (χ0v) is 41.8. The number of unbranched alkanes of at least 4 members (excludes halogenated alkanes) is 4. The number of β-amino-alcohol motifs (C(OH)–C–C–N with tert-alkyl or cyclic N) is 1. The van der Waals surface area contributed by atoms with Gasteiger partial charge in [-0.3, -0.25) is 19.2 Å². The van der Waals surface area contributed by atoms with Gasteiger partial charge >= 0.3 is 0 Å². The molecule has 6 rings (SSSR count). The molecule has 2 heterocycles. The number of amides is 4. The van der Waals surface area contributed by atoms with Crippen molar-refractivity contribution in [1.29, 1.82) is 0 Å². The number of likely N-dealkylation sites (tertiary alicyclic amines) is 1. The molecule has 1 aliphatic rings. The molecule has 1 aromatic heterocycles. The number of carbonyl (C=O) groups is 4. The maximum Gasteiger partial charge on any atom is 0.246 e. The molecule has 0 radical (unpaired) electrons. The summed E-state index contributed by atoms with van der Waals surface area (Å²) in [5.74, 6) is 0.0300. The number of phenolic OH excluding ortho intramolecular Hbond substituents is 1. The summed E-state index contributed by atoms with van der Waals surface area (Å²) in [5.41, 5.74) is 9.62. The van der Waals surface area contributed by atoms with Gasteiger partial charge in [0.25, 0.3) is 0 Å². The van der Waals surface area contributed by atoms with Crippen molar-refractivity contribution in [1.82, 2.24) is 25.4 Å². The van der Waals surface area contributed by atoms with Crippen molar-refractivity contribution in [3.05, 3.63) is 137 Å². The van der Waals surface area contributed by atoms with Crippen LogP contribution in [-0.4, -0.2) is 93.6 Å². The molecule has 1 fully saturated rings. The predicted molar refractivity (Wildman–Crippen MR) is 274 cm³/mol. The highest BCUT2D eigenvalue weighted by atomic mass is 32.1. The molecule has 69 heavy (non-hydrogen) atoms. The van der Waals surface area contributed by atoms with Crippen LogP contribution in [0, 0.1) is 12.3 Å². The summed E-state index contributed by atoms with van der Waals surface area (Å²) >= 11 is 1.58. The van der Waals surface area contributed by atoms with E-state index in [9.17, 15) is 29.4 Å². The quantitative estimate of drug-likeness (QED) is 0.0394. The third-order valence-corrected chi connectivity index (χ3v) is 13.7. The summed E-state index contributed by atoms with van der Waals surface area (Å²) in [6, 6.07) is 31.8. The number of rotatable bonds is 22. The molecule has 13 heteroatoms. The normalized spacial score (nSPS) is 15.6. The first-order valence-electron chi connectivity index (χ1n) is 24.2. The molecule has 4 N–H and O–H groups in total. The number of nitrogens with one attached hydrogen (secondary N) is 2. The number of aromatic hydroxyl groups is 1. The van der Waals surface area contributed by atoms with Gasteiger partial charge in [0.15, 0.2) is 0 Å². The lowest BCUT2D eigenvalue weighted by Gasteiger charge is -2.35. The van der Waals surface area contributed by atoms with E-state index in [0.29, 0.717) is 31.7 Å². The molecule has 1 saturated heterocycles. The van der Waals surface area contributed by atoms with Crippen molar-refractivity contribution < 1.29 is 34.1 Å². The maximum absolute atomic E-state index is 14.0. The van der Waals surface area contributed by atoms with Crippen LogP contribution >= 0.6 is 11.3 Å². The number of phenols is 1. The Kier molecular flexibility index (Phi) is 18.7. The van der Waals surface area contributed by atoms with E-state index in [2.05, 4.69) is 46.8 Å². The Morgan fingerprint density at radius 2 is 1.49 bits per heavy atom. The zero-order chi connectivity index (χ0) is 49.5. The molecule has 0 unspecified atom stereocenters. The fourth-order valence-electron chi connectivity index (χ4n) is 8.75. The van der Waals surface area contributed by atoms with E-state index in [-0.39, 0.29) is 55.3 Å². The van der Waals surface area contributed by atoms with Crippen molar-refractivity contribution in [3.63, 3.8) is 0 Å². The Bertz CT molecular complexity index is 2500. The van der Waals surface area contributed by atoms with E-state index in [4.69, 9.17) is 4.74 Å². The third kappa shape index (κ3) is 14.6. The second kappa shape index (κ2) is 24.8. The van der Waals surface area contributed by atoms with Crippen LogP contribution in [0.15, 0.2) is 109 Å². The van der Waals surface area contributed by atoms with Gasteiger partial charge in [-0.15, -0.1) is 11.3 Å². The Morgan fingerprint density at radius 1 is 0.855 bits per heavy atom. The highest BCUT2D eigenvalue weighted by molar-refractivity contribution is 7.13. The Labute approximate surface area is 411 Å². The van der Waals surface area contributed by atoms with E-state index in [0.717, 1.165) is 76.1 Å². The minimum Gasteiger partial charge on any atom is -0.508 e. The van der Waals surface area contributed by atoms with E-state index in [1.54, 1.807) is 35.4 Å². The summed E-state index contributed by atoms with van der Waals surface area (Å²) in [6.07, 6.45) is 4.71. The number of hydrogen-bond donors (Lipinski definition) is 4. The minimum absolute atomic E-state index is 0.0160. The monoisotopic (exact) mass is 955 g/mol. The van der Waals surface area contributed by atoms with Crippen LogP contribution in [0.3, 0.4) is 0 Å². The van der Waals surface area contributed by atoms with Gasteiger partial charge in [0.1, 0.15) is 30.2 Å². The van der Waals surface area contributed by atoms with Crippen LogP contribution in [0.1, 0.15) is 113 Å². The number of nitrogens with zero attached hydrogens (tertiary/aromatic N) is 3. The second-order valence-electron chi connectivity index (χ2n) is 19.0. The number of aliphatic hydroxyl groups is 1. The number of benzene rings is 4. The van der Waals surface area contributed by atoms with Gasteiger partial charge in [0, 0.05) is 39.4 Å². The number of likely N-dealkylation sites (N-methyl/N-ethyl adjacent to an activating group) is 1. The summed E-state index contributed by atoms with van der Waals surface area (Å²) in [7, 11) is 1.79. The smallest absolute Gasteiger partial charge is 0.246 e. The number of aryl methyl sites for hydroxylation is 1. The number of ether oxygens (including phenoxy) is 1. The van der Waals surface area contributed by atoms with Gasteiger partial charge in [0.05, 0.1) is 28.7 Å². The fourth-order valence-corrected chi connectivity index (χ4v) is 9.56. The van der Waals surface area contributed by atoms with Crippen LogP contribution in [0.4, 0.5) is 0 Å². The molecule has 0 spiro atoms. The van der Waals surface area contributed by atoms with E-state index < -0.39 is 23.6 Å². The van der Waals surface area contributed by atoms with Crippen LogP contribution in [-0.2, 0) is 25.7 Å². The second-order valence-corrected chi connectivity index (χ2v) is 19.9. The molecule has 0 aliphatic carbocycles. The highest BCUT2D eigenvalue weighted by Crippen LogP contribution is 2.36.